The quantitative estimate of drug-likeness (QED) is 0.733. The zero-order chi connectivity index (χ0) is 16.4. The summed E-state index contributed by atoms with van der Waals surface area (Å²) in [6.45, 7) is 4.75. The fraction of sp³-hybridized carbons (Fsp3) is 0.462. The molecule has 0 bridgehead atoms. The molecule has 0 aromatic heterocycles. The van der Waals surface area contributed by atoms with Gasteiger partial charge < -0.3 is 10.2 Å². The molecule has 0 amide bonds. The largest absolute Gasteiger partial charge is 0.478 e. The first kappa shape index (κ1) is 17.9. The van der Waals surface area contributed by atoms with E-state index >= 15 is 0 Å². The number of hydrogen-bond donors (Lipinski definition) is 3. The molecule has 0 saturated carbocycles. The lowest BCUT2D eigenvalue weighted by Crippen LogP contribution is -2.35. The summed E-state index contributed by atoms with van der Waals surface area (Å²) in [5, 5.41) is 18.7. The Morgan fingerprint density at radius 3 is 2.43 bits per heavy atom. The minimum atomic E-state index is -3.96. The summed E-state index contributed by atoms with van der Waals surface area (Å²) in [6, 6.07) is 2.38. The van der Waals surface area contributed by atoms with Crippen LogP contribution in [0.25, 0.3) is 0 Å². The predicted octanol–water partition coefficient (Wildman–Crippen LogP) is 1.64. The van der Waals surface area contributed by atoms with Gasteiger partial charge in [0.15, 0.2) is 0 Å². The van der Waals surface area contributed by atoms with Crippen LogP contribution in [0.5, 0.6) is 0 Å². The zero-order valence-corrected chi connectivity index (χ0v) is 13.5. The number of carboxylic acid groups (broad SMARTS) is 1. The maximum atomic E-state index is 12.2. The molecule has 1 atom stereocenters. The van der Waals surface area contributed by atoms with Crippen molar-refractivity contribution < 1.29 is 23.4 Å². The van der Waals surface area contributed by atoms with E-state index in [9.17, 15) is 18.3 Å². The van der Waals surface area contributed by atoms with E-state index in [1.807, 2.05) is 0 Å². The minimum Gasteiger partial charge on any atom is -0.478 e. The van der Waals surface area contributed by atoms with Crippen LogP contribution in [0.15, 0.2) is 17.0 Å². The number of benzene rings is 1. The second kappa shape index (κ2) is 6.74. The monoisotopic (exact) mass is 335 g/mol. The Morgan fingerprint density at radius 1 is 1.38 bits per heavy atom. The third-order valence-corrected chi connectivity index (χ3v) is 4.86. The first-order valence-electron chi connectivity index (χ1n) is 6.27. The van der Waals surface area contributed by atoms with Gasteiger partial charge in [0.1, 0.15) is 0 Å². The number of aliphatic hydroxyl groups excluding tert-OH is 1. The van der Waals surface area contributed by atoms with E-state index in [2.05, 4.69) is 4.72 Å². The number of hydrogen-bond acceptors (Lipinski definition) is 4. The summed E-state index contributed by atoms with van der Waals surface area (Å²) in [6.07, 6.45) is -0.835. The number of carbonyl (C=O) groups is 1. The molecule has 0 fully saturated rings. The molecular weight excluding hydrogens is 318 g/mol. The molecule has 1 rings (SSSR count). The molecule has 8 heteroatoms. The minimum absolute atomic E-state index is 0.0165. The van der Waals surface area contributed by atoms with Gasteiger partial charge in [-0.15, -0.1) is 0 Å². The molecule has 0 radical (unpaired) electrons. The molecule has 21 heavy (non-hydrogen) atoms. The number of aromatic carboxylic acids is 1. The smallest absolute Gasteiger partial charge is 0.336 e. The van der Waals surface area contributed by atoms with Crippen LogP contribution in [-0.4, -0.2) is 37.2 Å². The van der Waals surface area contributed by atoms with Gasteiger partial charge in [-0.25, -0.2) is 17.9 Å². The van der Waals surface area contributed by atoms with Crippen molar-refractivity contribution in [2.24, 2.45) is 5.92 Å². The highest BCUT2D eigenvalue weighted by Gasteiger charge is 2.23. The first-order chi connectivity index (χ1) is 9.56. The normalized spacial score (nSPS) is 13.4. The van der Waals surface area contributed by atoms with Gasteiger partial charge in [0.2, 0.25) is 10.0 Å². The van der Waals surface area contributed by atoms with Gasteiger partial charge >= 0.3 is 5.97 Å². The summed E-state index contributed by atoms with van der Waals surface area (Å²) < 4.78 is 26.7. The molecule has 6 nitrogen and oxygen atoms in total. The van der Waals surface area contributed by atoms with Gasteiger partial charge in [-0.2, -0.15) is 0 Å². The average molecular weight is 336 g/mol. The van der Waals surface area contributed by atoms with Crippen LogP contribution >= 0.6 is 11.6 Å². The van der Waals surface area contributed by atoms with E-state index in [1.165, 1.54) is 19.1 Å². The second-order valence-electron chi connectivity index (χ2n) is 5.04. The van der Waals surface area contributed by atoms with Gasteiger partial charge in [0.25, 0.3) is 0 Å². The molecule has 0 aliphatic carbocycles. The number of aliphatic hydroxyl groups is 1. The maximum absolute atomic E-state index is 12.2. The van der Waals surface area contributed by atoms with Crippen LogP contribution in [0.4, 0.5) is 0 Å². The maximum Gasteiger partial charge on any atom is 0.336 e. The van der Waals surface area contributed by atoms with Gasteiger partial charge in [-0.1, -0.05) is 25.4 Å². The van der Waals surface area contributed by atoms with Crippen LogP contribution in [-0.2, 0) is 10.0 Å². The van der Waals surface area contributed by atoms with Crippen LogP contribution in [0.2, 0.25) is 5.02 Å². The van der Waals surface area contributed by atoms with E-state index < -0.39 is 22.1 Å². The van der Waals surface area contributed by atoms with Gasteiger partial charge in [0, 0.05) is 11.6 Å². The van der Waals surface area contributed by atoms with E-state index in [0.29, 0.717) is 0 Å². The molecule has 1 unspecified atom stereocenters. The molecule has 0 aliphatic rings. The fourth-order valence-electron chi connectivity index (χ4n) is 1.66. The van der Waals surface area contributed by atoms with Crippen molar-refractivity contribution in [3.05, 3.63) is 28.3 Å². The molecule has 1 aromatic rings. The summed E-state index contributed by atoms with van der Waals surface area (Å²) in [5.74, 6) is -1.36. The molecule has 0 aliphatic heterocycles. The van der Waals surface area contributed by atoms with Crippen LogP contribution in [0.1, 0.15) is 29.8 Å². The number of rotatable bonds is 6. The SMILES string of the molecule is Cc1c(C(=O)O)cc(Cl)cc1S(=O)(=O)NCC(O)C(C)C. The highest BCUT2D eigenvalue weighted by Crippen LogP contribution is 2.24. The Bertz CT molecular complexity index is 642. The molecule has 3 N–H and O–H groups in total. The highest BCUT2D eigenvalue weighted by atomic mass is 35.5. The average Bonchev–Trinajstić information content (AvgIpc) is 2.37. The van der Waals surface area contributed by atoms with Crippen molar-refractivity contribution in [3.8, 4) is 0 Å². The first-order valence-corrected chi connectivity index (χ1v) is 8.13. The summed E-state index contributed by atoms with van der Waals surface area (Å²) in [7, 11) is -3.96. The fourth-order valence-corrected chi connectivity index (χ4v) is 3.29. The number of sulfonamides is 1. The van der Waals surface area contributed by atoms with E-state index in [-0.39, 0.29) is 33.5 Å². The van der Waals surface area contributed by atoms with Crippen LogP contribution in [0, 0.1) is 12.8 Å². The molecular formula is C13H18ClNO5S. The Kier molecular flexibility index (Phi) is 5.75. The summed E-state index contributed by atoms with van der Waals surface area (Å²) in [5.41, 5.74) is -0.0780. The van der Waals surface area contributed by atoms with Crippen molar-refractivity contribution in [2.75, 3.05) is 6.54 Å². The number of halogens is 1. The lowest BCUT2D eigenvalue weighted by atomic mass is 10.1. The topological polar surface area (TPSA) is 104 Å². The number of nitrogens with one attached hydrogen (secondary N) is 1. The van der Waals surface area contributed by atoms with Gasteiger partial charge in [-0.05, 0) is 30.5 Å². The van der Waals surface area contributed by atoms with Crippen LogP contribution < -0.4 is 4.72 Å². The molecule has 118 valence electrons. The standard InChI is InChI=1S/C13H18ClNO5S/c1-7(2)11(16)6-15-21(19,20)12-5-9(14)4-10(8(12)3)13(17)18/h4-5,7,11,15-16H,6H2,1-3H3,(H,17,18). The molecule has 1 aromatic carbocycles. The van der Waals surface area contributed by atoms with Gasteiger partial charge in [-0.3, -0.25) is 0 Å². The van der Waals surface area contributed by atoms with Gasteiger partial charge in [0.05, 0.1) is 16.6 Å². The van der Waals surface area contributed by atoms with Crippen molar-refractivity contribution >= 4 is 27.6 Å². The Labute approximate surface area is 128 Å². The third-order valence-electron chi connectivity index (χ3n) is 3.10. The summed E-state index contributed by atoms with van der Waals surface area (Å²) >= 11 is 5.78. The van der Waals surface area contributed by atoms with Crippen LogP contribution in [0.3, 0.4) is 0 Å². The van der Waals surface area contributed by atoms with Crippen molar-refractivity contribution in [1.29, 1.82) is 0 Å². The summed E-state index contributed by atoms with van der Waals surface area (Å²) in [4.78, 5) is 10.9. The van der Waals surface area contributed by atoms with E-state index in [4.69, 9.17) is 16.7 Å². The predicted molar refractivity (Wildman–Crippen MR) is 79.2 cm³/mol. The highest BCUT2D eigenvalue weighted by molar-refractivity contribution is 7.89. The lowest BCUT2D eigenvalue weighted by Gasteiger charge is -2.16. The Morgan fingerprint density at radius 2 is 1.95 bits per heavy atom. The third kappa shape index (κ3) is 4.41. The molecule has 0 spiro atoms. The van der Waals surface area contributed by atoms with Crippen molar-refractivity contribution in [2.45, 2.75) is 31.8 Å². The Hall–Kier alpha value is -1.15. The van der Waals surface area contributed by atoms with E-state index in [0.717, 1.165) is 0 Å². The molecule has 0 saturated heterocycles. The molecule has 0 heterocycles. The number of carboxylic acids is 1. The second-order valence-corrected chi connectivity index (χ2v) is 7.22. The van der Waals surface area contributed by atoms with E-state index in [1.54, 1.807) is 13.8 Å². The Balaban J connectivity index is 3.17. The lowest BCUT2D eigenvalue weighted by molar-refractivity contribution is 0.0695. The van der Waals surface area contributed by atoms with Crippen molar-refractivity contribution in [1.82, 2.24) is 4.72 Å². The van der Waals surface area contributed by atoms with Crippen molar-refractivity contribution in [3.63, 3.8) is 0 Å². The zero-order valence-electron chi connectivity index (χ0n) is 11.9.